The summed E-state index contributed by atoms with van der Waals surface area (Å²) in [5.41, 5.74) is 6.97. The summed E-state index contributed by atoms with van der Waals surface area (Å²) in [5.74, 6) is 0. The van der Waals surface area contributed by atoms with Gasteiger partial charge in [0.1, 0.15) is 0 Å². The molecule has 0 fully saturated rings. The molecule has 1 aromatic rings. The molecule has 1 heterocycles. The van der Waals surface area contributed by atoms with E-state index in [9.17, 15) is 0 Å². The van der Waals surface area contributed by atoms with Crippen LogP contribution in [-0.4, -0.2) is 4.98 Å². The lowest BCUT2D eigenvalue weighted by Crippen LogP contribution is -2.10. The quantitative estimate of drug-likeness (QED) is 0.808. The molecule has 0 aromatic carbocycles. The molecule has 0 amide bonds. The molecule has 0 unspecified atom stereocenters. The molecule has 13 heavy (non-hydrogen) atoms. The van der Waals surface area contributed by atoms with Crippen LogP contribution in [0.4, 0.5) is 0 Å². The van der Waals surface area contributed by atoms with Crippen molar-refractivity contribution in [3.8, 4) is 0 Å². The first kappa shape index (κ1) is 10.5. The highest BCUT2D eigenvalue weighted by atomic mass is 35.5. The highest BCUT2D eigenvalue weighted by Crippen LogP contribution is 2.23. The summed E-state index contributed by atoms with van der Waals surface area (Å²) in [4.78, 5) is 3.92. The second-order valence-electron chi connectivity index (χ2n) is 3.15. The van der Waals surface area contributed by atoms with Gasteiger partial charge in [0.05, 0.1) is 5.02 Å². The number of hydrogen-bond acceptors (Lipinski definition) is 2. The van der Waals surface area contributed by atoms with Gasteiger partial charge in [0.2, 0.25) is 0 Å². The van der Waals surface area contributed by atoms with Gasteiger partial charge in [-0.25, -0.2) is 0 Å². The maximum atomic E-state index is 5.97. The number of unbranched alkanes of at least 4 members (excludes halogenated alkanes) is 1. The zero-order valence-electron chi connectivity index (χ0n) is 7.83. The first-order valence-corrected chi connectivity index (χ1v) is 4.98. The van der Waals surface area contributed by atoms with Crippen molar-refractivity contribution in [1.29, 1.82) is 0 Å². The fourth-order valence-electron chi connectivity index (χ4n) is 1.27. The van der Waals surface area contributed by atoms with Gasteiger partial charge in [0, 0.05) is 18.4 Å². The smallest absolute Gasteiger partial charge is 0.0637 e. The fraction of sp³-hybridized carbons (Fsp3) is 0.500. The van der Waals surface area contributed by atoms with Crippen LogP contribution in [0.15, 0.2) is 18.5 Å². The second-order valence-corrected chi connectivity index (χ2v) is 3.55. The third-order valence-corrected chi connectivity index (χ3v) is 2.39. The lowest BCUT2D eigenvalue weighted by molar-refractivity contribution is 0.603. The minimum atomic E-state index is 0.0513. The van der Waals surface area contributed by atoms with Gasteiger partial charge in [-0.15, -0.1) is 0 Å². The Morgan fingerprint density at radius 1 is 1.62 bits per heavy atom. The average molecular weight is 199 g/mol. The number of aromatic nitrogens is 1. The first-order valence-electron chi connectivity index (χ1n) is 4.60. The van der Waals surface area contributed by atoms with Gasteiger partial charge in [-0.3, -0.25) is 4.98 Å². The highest BCUT2D eigenvalue weighted by Gasteiger charge is 2.08. The maximum Gasteiger partial charge on any atom is 0.0637 e. The van der Waals surface area contributed by atoms with Gasteiger partial charge >= 0.3 is 0 Å². The third kappa shape index (κ3) is 2.98. The largest absolute Gasteiger partial charge is 0.324 e. The number of halogens is 1. The lowest BCUT2D eigenvalue weighted by atomic mass is 10.0. The topological polar surface area (TPSA) is 38.9 Å². The van der Waals surface area contributed by atoms with E-state index in [4.69, 9.17) is 17.3 Å². The van der Waals surface area contributed by atoms with Crippen molar-refractivity contribution in [3.63, 3.8) is 0 Å². The summed E-state index contributed by atoms with van der Waals surface area (Å²) >= 11 is 5.96. The Labute approximate surface area is 84.1 Å². The molecule has 2 nitrogen and oxygen atoms in total. The Hall–Kier alpha value is -0.600. The van der Waals surface area contributed by atoms with Crippen molar-refractivity contribution in [3.05, 3.63) is 29.0 Å². The van der Waals surface area contributed by atoms with E-state index >= 15 is 0 Å². The molecule has 0 aliphatic carbocycles. The van der Waals surface area contributed by atoms with Crippen molar-refractivity contribution in [2.45, 2.75) is 32.2 Å². The molecular formula is C10H15ClN2. The Morgan fingerprint density at radius 2 is 2.38 bits per heavy atom. The van der Waals surface area contributed by atoms with Crippen LogP contribution in [0.5, 0.6) is 0 Å². The van der Waals surface area contributed by atoms with Crippen LogP contribution < -0.4 is 5.73 Å². The Morgan fingerprint density at radius 3 is 3.00 bits per heavy atom. The Bertz CT molecular complexity index is 263. The van der Waals surface area contributed by atoms with E-state index in [0.717, 1.165) is 24.8 Å². The molecule has 0 aliphatic rings. The predicted octanol–water partition coefficient (Wildman–Crippen LogP) is 2.93. The minimum absolute atomic E-state index is 0.0513. The van der Waals surface area contributed by atoms with Crippen LogP contribution in [0.25, 0.3) is 0 Å². The normalized spacial score (nSPS) is 12.8. The van der Waals surface area contributed by atoms with Gasteiger partial charge in [-0.1, -0.05) is 31.4 Å². The number of nitrogens with zero attached hydrogens (tertiary/aromatic N) is 1. The molecule has 2 N–H and O–H groups in total. The van der Waals surface area contributed by atoms with E-state index in [2.05, 4.69) is 11.9 Å². The summed E-state index contributed by atoms with van der Waals surface area (Å²) in [7, 11) is 0. The van der Waals surface area contributed by atoms with Gasteiger partial charge in [-0.2, -0.15) is 0 Å². The average Bonchev–Trinajstić information content (AvgIpc) is 2.15. The number of rotatable bonds is 4. The Kier molecular flexibility index (Phi) is 4.19. The minimum Gasteiger partial charge on any atom is -0.324 e. The molecule has 0 saturated carbocycles. The van der Waals surface area contributed by atoms with Crippen LogP contribution in [0.3, 0.4) is 0 Å². The van der Waals surface area contributed by atoms with Gasteiger partial charge in [0.15, 0.2) is 0 Å². The monoisotopic (exact) mass is 198 g/mol. The van der Waals surface area contributed by atoms with E-state index in [0.29, 0.717) is 5.02 Å². The molecule has 1 aromatic heterocycles. The number of pyridine rings is 1. The molecule has 72 valence electrons. The third-order valence-electron chi connectivity index (χ3n) is 2.07. The number of hydrogen-bond donors (Lipinski definition) is 1. The van der Waals surface area contributed by atoms with Crippen molar-refractivity contribution in [1.82, 2.24) is 4.98 Å². The summed E-state index contributed by atoms with van der Waals surface area (Å²) in [6.45, 7) is 2.15. The summed E-state index contributed by atoms with van der Waals surface area (Å²) in [6, 6.07) is 1.94. The van der Waals surface area contributed by atoms with Crippen LogP contribution >= 0.6 is 11.6 Å². The van der Waals surface area contributed by atoms with Crippen molar-refractivity contribution < 1.29 is 0 Å². The molecule has 1 atom stereocenters. The molecule has 0 bridgehead atoms. The zero-order chi connectivity index (χ0) is 9.68. The maximum absolute atomic E-state index is 5.97. The van der Waals surface area contributed by atoms with Crippen molar-refractivity contribution in [2.75, 3.05) is 0 Å². The molecule has 3 heteroatoms. The predicted molar refractivity (Wildman–Crippen MR) is 55.7 cm³/mol. The van der Waals surface area contributed by atoms with E-state index in [-0.39, 0.29) is 6.04 Å². The molecule has 0 spiro atoms. The zero-order valence-corrected chi connectivity index (χ0v) is 8.59. The van der Waals surface area contributed by atoms with Crippen LogP contribution in [-0.2, 0) is 0 Å². The molecule has 0 aliphatic heterocycles. The fourth-order valence-corrected chi connectivity index (χ4v) is 1.53. The van der Waals surface area contributed by atoms with Crippen LogP contribution in [0, 0.1) is 0 Å². The highest BCUT2D eigenvalue weighted by molar-refractivity contribution is 6.31. The molecule has 0 radical (unpaired) electrons. The molecule has 0 saturated heterocycles. The van der Waals surface area contributed by atoms with Crippen LogP contribution in [0.1, 0.15) is 37.8 Å². The van der Waals surface area contributed by atoms with Gasteiger partial charge in [0.25, 0.3) is 0 Å². The van der Waals surface area contributed by atoms with E-state index in [1.165, 1.54) is 0 Å². The Balaban J connectivity index is 2.65. The van der Waals surface area contributed by atoms with E-state index in [1.807, 2.05) is 6.07 Å². The van der Waals surface area contributed by atoms with E-state index < -0.39 is 0 Å². The molecular weight excluding hydrogens is 184 g/mol. The number of nitrogens with two attached hydrogens (primary N) is 1. The molecule has 1 rings (SSSR count). The van der Waals surface area contributed by atoms with Crippen LogP contribution in [0.2, 0.25) is 5.02 Å². The van der Waals surface area contributed by atoms with Gasteiger partial charge in [-0.05, 0) is 18.1 Å². The SMILES string of the molecule is CCCC[C@H](N)c1ccncc1Cl. The summed E-state index contributed by atoms with van der Waals surface area (Å²) in [5, 5.41) is 0.672. The summed E-state index contributed by atoms with van der Waals surface area (Å²) < 4.78 is 0. The van der Waals surface area contributed by atoms with Gasteiger partial charge < -0.3 is 5.73 Å². The van der Waals surface area contributed by atoms with Crippen molar-refractivity contribution in [2.24, 2.45) is 5.73 Å². The van der Waals surface area contributed by atoms with Crippen molar-refractivity contribution >= 4 is 11.6 Å². The first-order chi connectivity index (χ1) is 6.25. The standard InChI is InChI=1S/C10H15ClN2/c1-2-3-4-10(12)8-5-6-13-7-9(8)11/h5-7,10H,2-4,12H2,1H3/t10-/m0/s1. The lowest BCUT2D eigenvalue weighted by Gasteiger charge is -2.12. The summed E-state index contributed by atoms with van der Waals surface area (Å²) in [6.07, 6.45) is 6.66. The van der Waals surface area contributed by atoms with E-state index in [1.54, 1.807) is 12.4 Å². The second kappa shape index (κ2) is 5.20.